The monoisotopic (exact) mass is 323 g/mol. The lowest BCUT2D eigenvalue weighted by Crippen LogP contribution is -2.36. The number of hydrogen-bond donors (Lipinski definition) is 1. The highest BCUT2D eigenvalue weighted by Gasteiger charge is 2.14. The third-order valence-corrected chi connectivity index (χ3v) is 3.81. The fourth-order valence-electron chi connectivity index (χ4n) is 2.53. The van der Waals surface area contributed by atoms with Crippen LogP contribution in [0, 0.1) is 13.8 Å². The Morgan fingerprint density at radius 3 is 2.61 bits per heavy atom. The van der Waals surface area contributed by atoms with Crippen LogP contribution in [0.2, 0.25) is 0 Å². The minimum Gasteiger partial charge on any atom is -0.389 e. The third kappa shape index (κ3) is 8.47. The topological polar surface area (TPSA) is 41.9 Å². The number of methoxy groups -OCH3 is 1. The molecule has 0 spiro atoms. The van der Waals surface area contributed by atoms with Crippen molar-refractivity contribution in [3.05, 3.63) is 34.9 Å². The second-order valence-electron chi connectivity index (χ2n) is 6.55. The summed E-state index contributed by atoms with van der Waals surface area (Å²) >= 11 is 0. The maximum Gasteiger partial charge on any atom is 0.0900 e. The van der Waals surface area contributed by atoms with Crippen molar-refractivity contribution in [2.24, 2.45) is 0 Å². The number of aryl methyl sites for hydroxylation is 2. The molecule has 4 nitrogen and oxygen atoms in total. The summed E-state index contributed by atoms with van der Waals surface area (Å²) in [5.74, 6) is 0. The first-order valence-electron chi connectivity index (χ1n) is 8.49. The van der Waals surface area contributed by atoms with Crippen LogP contribution >= 0.6 is 0 Å². The van der Waals surface area contributed by atoms with Gasteiger partial charge in [0.2, 0.25) is 0 Å². The van der Waals surface area contributed by atoms with Crippen LogP contribution in [0.5, 0.6) is 0 Å². The van der Waals surface area contributed by atoms with Crippen LogP contribution in [0.4, 0.5) is 0 Å². The van der Waals surface area contributed by atoms with Crippen LogP contribution in [-0.2, 0) is 16.0 Å². The van der Waals surface area contributed by atoms with Crippen LogP contribution in [0.1, 0.15) is 37.0 Å². The zero-order chi connectivity index (χ0) is 17.2. The molecule has 1 rings (SSSR count). The third-order valence-electron chi connectivity index (χ3n) is 3.81. The fourth-order valence-corrected chi connectivity index (χ4v) is 2.53. The van der Waals surface area contributed by atoms with Gasteiger partial charge in [-0.15, -0.1) is 0 Å². The highest BCUT2D eigenvalue weighted by molar-refractivity contribution is 5.30. The minimum absolute atomic E-state index is 0.144. The molecule has 0 aliphatic heterocycles. The van der Waals surface area contributed by atoms with Crippen molar-refractivity contribution >= 4 is 0 Å². The van der Waals surface area contributed by atoms with E-state index in [0.717, 1.165) is 26.1 Å². The van der Waals surface area contributed by atoms with Crippen molar-refractivity contribution in [2.75, 3.05) is 33.4 Å². The molecule has 0 aromatic heterocycles. The first-order valence-corrected chi connectivity index (χ1v) is 8.49. The number of aliphatic hydroxyl groups is 1. The van der Waals surface area contributed by atoms with E-state index in [9.17, 15) is 5.11 Å². The first kappa shape index (κ1) is 20.1. The predicted octanol–water partition coefficient (Wildman–Crippen LogP) is 2.93. The van der Waals surface area contributed by atoms with Crippen molar-refractivity contribution in [3.63, 3.8) is 0 Å². The molecule has 0 fully saturated rings. The van der Waals surface area contributed by atoms with Gasteiger partial charge in [0, 0.05) is 33.4 Å². The summed E-state index contributed by atoms with van der Waals surface area (Å²) < 4.78 is 10.7. The molecule has 132 valence electrons. The zero-order valence-corrected chi connectivity index (χ0v) is 15.3. The Hall–Kier alpha value is -0.940. The van der Waals surface area contributed by atoms with Crippen LogP contribution in [0.3, 0.4) is 0 Å². The van der Waals surface area contributed by atoms with Crippen molar-refractivity contribution in [1.82, 2.24) is 4.90 Å². The molecule has 0 radical (unpaired) electrons. The van der Waals surface area contributed by atoms with Gasteiger partial charge in [-0.2, -0.15) is 0 Å². The Morgan fingerprint density at radius 1 is 1.22 bits per heavy atom. The van der Waals surface area contributed by atoms with E-state index in [0.29, 0.717) is 13.2 Å². The Morgan fingerprint density at radius 2 is 1.96 bits per heavy atom. The summed E-state index contributed by atoms with van der Waals surface area (Å²) in [6.07, 6.45) is 0.634. The van der Waals surface area contributed by atoms with E-state index in [-0.39, 0.29) is 6.10 Å². The number of benzene rings is 1. The molecule has 1 aromatic rings. The van der Waals surface area contributed by atoms with Crippen LogP contribution in [0.15, 0.2) is 18.2 Å². The Bertz CT molecular complexity index is 448. The van der Waals surface area contributed by atoms with Gasteiger partial charge in [0.1, 0.15) is 0 Å². The first-order chi connectivity index (χ1) is 10.9. The van der Waals surface area contributed by atoms with Gasteiger partial charge < -0.3 is 14.6 Å². The number of ether oxygens (including phenoxy) is 2. The highest BCUT2D eigenvalue weighted by Crippen LogP contribution is 2.14. The lowest BCUT2D eigenvalue weighted by atomic mass is 10.0. The molecule has 0 saturated heterocycles. The average molecular weight is 323 g/mol. The summed E-state index contributed by atoms with van der Waals surface area (Å²) in [6, 6.07) is 6.53. The summed E-state index contributed by atoms with van der Waals surface area (Å²) in [7, 11) is 1.72. The SMILES string of the molecule is COCCCN(Cc1cc(C)ccc1C)C[C@H](O)COC(C)C. The molecule has 23 heavy (non-hydrogen) atoms. The molecule has 0 heterocycles. The number of nitrogens with zero attached hydrogens (tertiary/aromatic N) is 1. The van der Waals surface area contributed by atoms with E-state index in [1.165, 1.54) is 16.7 Å². The van der Waals surface area contributed by atoms with Gasteiger partial charge in [-0.3, -0.25) is 4.90 Å². The van der Waals surface area contributed by atoms with Crippen LogP contribution in [0.25, 0.3) is 0 Å². The van der Waals surface area contributed by atoms with Gasteiger partial charge in [-0.05, 0) is 45.2 Å². The molecule has 1 atom stereocenters. The Kier molecular flexibility index (Phi) is 9.41. The minimum atomic E-state index is -0.468. The standard InChI is InChI=1S/C19H33NO3/c1-15(2)23-14-19(21)13-20(9-6-10-22-5)12-18-11-16(3)7-8-17(18)4/h7-8,11,15,19,21H,6,9-10,12-14H2,1-5H3/t19-/m0/s1. The summed E-state index contributed by atoms with van der Waals surface area (Å²) in [6.45, 7) is 11.7. The van der Waals surface area contributed by atoms with E-state index in [4.69, 9.17) is 9.47 Å². The van der Waals surface area contributed by atoms with Gasteiger partial charge in [-0.25, -0.2) is 0 Å². The molecule has 0 aliphatic carbocycles. The highest BCUT2D eigenvalue weighted by atomic mass is 16.5. The van der Waals surface area contributed by atoms with E-state index < -0.39 is 6.10 Å². The van der Waals surface area contributed by atoms with E-state index in [1.54, 1.807) is 7.11 Å². The number of rotatable bonds is 11. The summed E-state index contributed by atoms with van der Waals surface area (Å²) in [4.78, 5) is 2.29. The molecule has 0 unspecified atom stereocenters. The normalized spacial score (nSPS) is 13.0. The smallest absolute Gasteiger partial charge is 0.0900 e. The molecule has 0 bridgehead atoms. The second kappa shape index (κ2) is 10.8. The molecule has 4 heteroatoms. The average Bonchev–Trinajstić information content (AvgIpc) is 2.49. The maximum absolute atomic E-state index is 10.2. The van der Waals surface area contributed by atoms with Gasteiger partial charge in [0.15, 0.2) is 0 Å². The molecule has 0 amide bonds. The van der Waals surface area contributed by atoms with Gasteiger partial charge in [0.25, 0.3) is 0 Å². The van der Waals surface area contributed by atoms with Crippen molar-refractivity contribution < 1.29 is 14.6 Å². The number of aliphatic hydroxyl groups excluding tert-OH is 1. The lowest BCUT2D eigenvalue weighted by Gasteiger charge is -2.26. The molecule has 0 aliphatic rings. The lowest BCUT2D eigenvalue weighted by molar-refractivity contribution is -0.0103. The molecule has 0 saturated carbocycles. The van der Waals surface area contributed by atoms with Crippen molar-refractivity contribution in [3.8, 4) is 0 Å². The summed E-state index contributed by atoms with van der Waals surface area (Å²) in [5, 5.41) is 10.2. The van der Waals surface area contributed by atoms with Gasteiger partial charge in [-0.1, -0.05) is 23.8 Å². The number of hydrogen-bond acceptors (Lipinski definition) is 4. The van der Waals surface area contributed by atoms with E-state index >= 15 is 0 Å². The van der Waals surface area contributed by atoms with Gasteiger partial charge in [0.05, 0.1) is 18.8 Å². The van der Waals surface area contributed by atoms with Gasteiger partial charge >= 0.3 is 0 Å². The Balaban J connectivity index is 2.65. The molecular weight excluding hydrogens is 290 g/mol. The van der Waals surface area contributed by atoms with E-state index in [2.05, 4.69) is 36.9 Å². The van der Waals surface area contributed by atoms with Crippen LogP contribution in [-0.4, -0.2) is 55.6 Å². The van der Waals surface area contributed by atoms with E-state index in [1.807, 2.05) is 13.8 Å². The molecular formula is C19H33NO3. The van der Waals surface area contributed by atoms with Crippen LogP contribution < -0.4 is 0 Å². The largest absolute Gasteiger partial charge is 0.389 e. The molecule has 1 N–H and O–H groups in total. The summed E-state index contributed by atoms with van der Waals surface area (Å²) in [5.41, 5.74) is 3.88. The Labute approximate surface area is 141 Å². The maximum atomic E-state index is 10.2. The quantitative estimate of drug-likeness (QED) is 0.636. The predicted molar refractivity (Wildman–Crippen MR) is 94.8 cm³/mol. The zero-order valence-electron chi connectivity index (χ0n) is 15.3. The second-order valence-corrected chi connectivity index (χ2v) is 6.55. The van der Waals surface area contributed by atoms with Crippen molar-refractivity contribution in [2.45, 2.75) is 52.9 Å². The molecule has 1 aromatic carbocycles. The fraction of sp³-hybridized carbons (Fsp3) is 0.684. The van der Waals surface area contributed by atoms with Crippen molar-refractivity contribution in [1.29, 1.82) is 0 Å².